The van der Waals surface area contributed by atoms with Crippen LogP contribution in [0.4, 0.5) is 5.69 Å². The first kappa shape index (κ1) is 21.2. The fraction of sp³-hybridized carbons (Fsp3) is 0.120. The van der Waals surface area contributed by atoms with E-state index in [1.807, 2.05) is 55.5 Å². The first-order valence-corrected chi connectivity index (χ1v) is 11.1. The molecule has 0 saturated heterocycles. The number of rotatable bonds is 7. The van der Waals surface area contributed by atoms with Crippen molar-refractivity contribution < 1.29 is 14.3 Å². The molecule has 156 valence electrons. The van der Waals surface area contributed by atoms with Crippen LogP contribution in [-0.4, -0.2) is 18.4 Å². The summed E-state index contributed by atoms with van der Waals surface area (Å²) in [5, 5.41) is 0.612. The van der Waals surface area contributed by atoms with Crippen molar-refractivity contribution in [2.45, 2.75) is 18.2 Å². The Hall–Kier alpha value is -3.02. The van der Waals surface area contributed by atoms with E-state index < -0.39 is 0 Å². The molecule has 31 heavy (non-hydrogen) atoms. The largest absolute Gasteiger partial charge is 0.494 e. The van der Waals surface area contributed by atoms with Gasteiger partial charge in [-0.2, -0.15) is 0 Å². The molecule has 1 aliphatic heterocycles. The van der Waals surface area contributed by atoms with Crippen LogP contribution in [0.15, 0.2) is 88.7 Å². The summed E-state index contributed by atoms with van der Waals surface area (Å²) in [7, 11) is 0. The lowest BCUT2D eigenvalue weighted by molar-refractivity contribution is -0.119. The predicted octanol–water partition coefficient (Wildman–Crippen LogP) is 6.21. The van der Waals surface area contributed by atoms with Crippen LogP contribution < -0.4 is 9.64 Å². The second kappa shape index (κ2) is 9.41. The van der Waals surface area contributed by atoms with Crippen molar-refractivity contribution in [1.82, 2.24) is 0 Å². The second-order valence-corrected chi connectivity index (χ2v) is 8.44. The molecular weight excluding hydrogens is 430 g/mol. The number of benzene rings is 3. The summed E-state index contributed by atoms with van der Waals surface area (Å²) in [4.78, 5) is 29.4. The Morgan fingerprint density at radius 2 is 1.65 bits per heavy atom. The molecule has 1 aliphatic rings. The molecular formula is C25H20ClNO3S. The van der Waals surface area contributed by atoms with E-state index in [1.165, 1.54) is 16.7 Å². The molecule has 1 heterocycles. The molecule has 3 aromatic carbocycles. The minimum Gasteiger partial charge on any atom is -0.494 e. The van der Waals surface area contributed by atoms with Crippen molar-refractivity contribution in [1.29, 1.82) is 0 Å². The van der Waals surface area contributed by atoms with Gasteiger partial charge in [-0.1, -0.05) is 66.7 Å². The van der Waals surface area contributed by atoms with E-state index in [4.69, 9.17) is 16.3 Å². The number of carbonyl (C=O) groups is 2. The van der Waals surface area contributed by atoms with Crippen LogP contribution in [-0.2, 0) is 9.59 Å². The molecule has 0 bridgehead atoms. The maximum absolute atomic E-state index is 13.5. The highest BCUT2D eigenvalue weighted by atomic mass is 35.5. The van der Waals surface area contributed by atoms with Gasteiger partial charge in [-0.05, 0) is 48.4 Å². The average Bonchev–Trinajstić information content (AvgIpc) is 3.04. The van der Waals surface area contributed by atoms with Crippen molar-refractivity contribution >= 4 is 46.4 Å². The van der Waals surface area contributed by atoms with Crippen LogP contribution in [0.3, 0.4) is 0 Å². The van der Waals surface area contributed by atoms with E-state index in [-0.39, 0.29) is 11.8 Å². The standard InChI is InChI=1S/C25H20ClNO3S/c1-2-15-30-20-10-6-9-19(16-20)27-24(28)22(17-7-4-3-5-8-17)23(25(27)29)31-21-13-11-18(26)12-14-21/h3-14,16H,2,15H2,1H3. The van der Waals surface area contributed by atoms with Crippen molar-refractivity contribution in [3.8, 4) is 5.75 Å². The summed E-state index contributed by atoms with van der Waals surface area (Å²) >= 11 is 7.27. The van der Waals surface area contributed by atoms with Gasteiger partial charge in [0.05, 0.1) is 22.8 Å². The first-order chi connectivity index (χ1) is 15.1. The van der Waals surface area contributed by atoms with Crippen molar-refractivity contribution in [3.05, 3.63) is 94.4 Å². The van der Waals surface area contributed by atoms with Crippen molar-refractivity contribution in [2.24, 2.45) is 0 Å². The molecule has 6 heteroatoms. The van der Waals surface area contributed by atoms with Crippen LogP contribution in [0.2, 0.25) is 5.02 Å². The van der Waals surface area contributed by atoms with Gasteiger partial charge >= 0.3 is 0 Å². The van der Waals surface area contributed by atoms with Crippen LogP contribution >= 0.6 is 23.4 Å². The number of hydrogen-bond acceptors (Lipinski definition) is 4. The zero-order chi connectivity index (χ0) is 21.8. The third-order valence-electron chi connectivity index (χ3n) is 4.69. The van der Waals surface area contributed by atoms with Crippen molar-refractivity contribution in [3.63, 3.8) is 0 Å². The van der Waals surface area contributed by atoms with Gasteiger partial charge in [-0.3, -0.25) is 9.59 Å². The Morgan fingerprint density at radius 1 is 0.903 bits per heavy atom. The monoisotopic (exact) mass is 449 g/mol. The molecule has 3 aromatic rings. The van der Waals surface area contributed by atoms with E-state index >= 15 is 0 Å². The number of hydrogen-bond donors (Lipinski definition) is 0. The number of ether oxygens (including phenoxy) is 1. The summed E-state index contributed by atoms with van der Waals surface area (Å²) in [6.45, 7) is 2.59. The van der Waals surface area contributed by atoms with Gasteiger partial charge in [0.25, 0.3) is 11.8 Å². The van der Waals surface area contributed by atoms with Gasteiger partial charge in [-0.15, -0.1) is 0 Å². The second-order valence-electron chi connectivity index (χ2n) is 6.92. The fourth-order valence-corrected chi connectivity index (χ4v) is 4.37. The first-order valence-electron chi connectivity index (χ1n) is 9.93. The number of carbonyl (C=O) groups excluding carboxylic acids is 2. The Kier molecular flexibility index (Phi) is 6.44. The van der Waals surface area contributed by atoms with E-state index in [0.29, 0.717) is 39.1 Å². The predicted molar refractivity (Wildman–Crippen MR) is 125 cm³/mol. The molecule has 0 fully saturated rings. The number of nitrogens with zero attached hydrogens (tertiary/aromatic N) is 1. The quantitative estimate of drug-likeness (QED) is 0.402. The zero-order valence-corrected chi connectivity index (χ0v) is 18.5. The lowest BCUT2D eigenvalue weighted by Crippen LogP contribution is -2.31. The Labute approximate surface area is 190 Å². The topological polar surface area (TPSA) is 46.6 Å². The summed E-state index contributed by atoms with van der Waals surface area (Å²) in [6.07, 6.45) is 0.868. The minimum absolute atomic E-state index is 0.347. The number of halogens is 1. The highest BCUT2D eigenvalue weighted by Gasteiger charge is 2.40. The van der Waals surface area contributed by atoms with Gasteiger partial charge in [0, 0.05) is 16.0 Å². The maximum atomic E-state index is 13.5. The summed E-state index contributed by atoms with van der Waals surface area (Å²) in [5.74, 6) is -0.0724. The molecule has 0 aliphatic carbocycles. The van der Waals surface area contributed by atoms with E-state index in [1.54, 1.807) is 30.3 Å². The lowest BCUT2D eigenvalue weighted by Gasteiger charge is -2.16. The molecule has 0 atom stereocenters. The molecule has 0 spiro atoms. The highest BCUT2D eigenvalue weighted by molar-refractivity contribution is 8.04. The maximum Gasteiger partial charge on any atom is 0.272 e. The normalized spacial score (nSPS) is 13.8. The fourth-order valence-electron chi connectivity index (χ4n) is 3.25. The summed E-state index contributed by atoms with van der Waals surface area (Å²) < 4.78 is 5.69. The van der Waals surface area contributed by atoms with Gasteiger partial charge in [-0.25, -0.2) is 4.90 Å². The van der Waals surface area contributed by atoms with Crippen LogP contribution in [0.1, 0.15) is 18.9 Å². The minimum atomic E-state index is -0.351. The van der Waals surface area contributed by atoms with Crippen LogP contribution in [0, 0.1) is 0 Å². The van der Waals surface area contributed by atoms with Gasteiger partial charge in [0.2, 0.25) is 0 Å². The number of imide groups is 1. The molecule has 0 radical (unpaired) electrons. The van der Waals surface area contributed by atoms with Gasteiger partial charge in [0.15, 0.2) is 0 Å². The third kappa shape index (κ3) is 4.53. The zero-order valence-electron chi connectivity index (χ0n) is 16.9. The SMILES string of the molecule is CCCOc1cccc(N2C(=O)C(Sc3ccc(Cl)cc3)=C(c3ccccc3)C2=O)c1. The smallest absolute Gasteiger partial charge is 0.272 e. The van der Waals surface area contributed by atoms with Crippen molar-refractivity contribution in [2.75, 3.05) is 11.5 Å². The Bertz CT molecular complexity index is 1140. The van der Waals surface area contributed by atoms with Crippen LogP contribution in [0.5, 0.6) is 5.75 Å². The molecule has 4 rings (SSSR count). The molecule has 0 aromatic heterocycles. The summed E-state index contributed by atoms with van der Waals surface area (Å²) in [6, 6.07) is 23.5. The van der Waals surface area contributed by atoms with Crippen LogP contribution in [0.25, 0.3) is 5.57 Å². The molecule has 4 nitrogen and oxygen atoms in total. The number of anilines is 1. The molecule has 0 N–H and O–H groups in total. The highest BCUT2D eigenvalue weighted by Crippen LogP contribution is 2.42. The Morgan fingerprint density at radius 3 is 2.35 bits per heavy atom. The molecule has 2 amide bonds. The average molecular weight is 450 g/mol. The summed E-state index contributed by atoms with van der Waals surface area (Å²) in [5.41, 5.74) is 1.59. The molecule has 0 unspecified atom stereocenters. The molecule has 0 saturated carbocycles. The number of thioether (sulfide) groups is 1. The third-order valence-corrected chi connectivity index (χ3v) is 6.03. The van der Waals surface area contributed by atoms with Gasteiger partial charge in [0.1, 0.15) is 5.75 Å². The van der Waals surface area contributed by atoms with Gasteiger partial charge < -0.3 is 4.74 Å². The van der Waals surface area contributed by atoms with E-state index in [2.05, 4.69) is 0 Å². The number of amides is 2. The lowest BCUT2D eigenvalue weighted by atomic mass is 10.1. The van der Waals surface area contributed by atoms with E-state index in [9.17, 15) is 9.59 Å². The van der Waals surface area contributed by atoms with E-state index in [0.717, 1.165) is 11.3 Å². The Balaban J connectivity index is 1.74.